The van der Waals surface area contributed by atoms with Gasteiger partial charge in [-0.2, -0.15) is 0 Å². The molecule has 2 aliphatic rings. The summed E-state index contributed by atoms with van der Waals surface area (Å²) in [5, 5.41) is 5.88. The van der Waals surface area contributed by atoms with Crippen molar-refractivity contribution in [3.63, 3.8) is 0 Å². The van der Waals surface area contributed by atoms with Gasteiger partial charge in [-0.05, 0) is 32.1 Å². The molecule has 5 heteroatoms. The molecule has 0 radical (unpaired) electrons. The van der Waals surface area contributed by atoms with Crippen LogP contribution in [-0.4, -0.2) is 37.1 Å². The minimum atomic E-state index is 0.0324. The molecule has 2 N–H and O–H groups in total. The largest absolute Gasteiger partial charge is 0.381 e. The van der Waals surface area contributed by atoms with E-state index in [1.165, 1.54) is 0 Å². The van der Waals surface area contributed by atoms with Gasteiger partial charge in [0.15, 0.2) is 0 Å². The van der Waals surface area contributed by atoms with Crippen molar-refractivity contribution in [1.29, 1.82) is 0 Å². The van der Waals surface area contributed by atoms with Gasteiger partial charge in [0, 0.05) is 38.1 Å². The summed E-state index contributed by atoms with van der Waals surface area (Å²) in [4.78, 5) is 23.0. The molecule has 0 aliphatic carbocycles. The van der Waals surface area contributed by atoms with Crippen molar-refractivity contribution in [2.24, 2.45) is 5.92 Å². The fourth-order valence-electron chi connectivity index (χ4n) is 2.59. The zero-order valence-corrected chi connectivity index (χ0v) is 10.9. The van der Waals surface area contributed by atoms with Crippen LogP contribution in [0, 0.1) is 5.92 Å². The van der Waals surface area contributed by atoms with E-state index in [0.29, 0.717) is 18.8 Å². The highest BCUT2D eigenvalue weighted by Gasteiger charge is 2.26. The molecule has 0 aromatic heterocycles. The molecule has 0 aromatic carbocycles. The van der Waals surface area contributed by atoms with Crippen LogP contribution in [0.15, 0.2) is 0 Å². The molecule has 18 heavy (non-hydrogen) atoms. The van der Waals surface area contributed by atoms with Gasteiger partial charge in [-0.25, -0.2) is 0 Å². The maximum atomic E-state index is 11.8. The predicted octanol–water partition coefficient (Wildman–Crippen LogP) is 0.586. The lowest BCUT2D eigenvalue weighted by Crippen LogP contribution is -2.53. The quantitative estimate of drug-likeness (QED) is 0.771. The SMILES string of the molecule is CC1NC(=O)CCC1NC(=O)CCC1CCOC1. The van der Waals surface area contributed by atoms with Crippen LogP contribution in [0.4, 0.5) is 0 Å². The van der Waals surface area contributed by atoms with Crippen LogP contribution in [-0.2, 0) is 14.3 Å². The summed E-state index contributed by atoms with van der Waals surface area (Å²) in [6.07, 6.45) is 3.78. The molecule has 102 valence electrons. The van der Waals surface area contributed by atoms with Crippen molar-refractivity contribution in [1.82, 2.24) is 10.6 Å². The second kappa shape index (κ2) is 6.18. The summed E-state index contributed by atoms with van der Waals surface area (Å²) >= 11 is 0. The molecule has 2 rings (SSSR count). The summed E-state index contributed by atoms with van der Waals surface area (Å²) in [5.41, 5.74) is 0. The number of hydrogen-bond acceptors (Lipinski definition) is 3. The molecule has 2 heterocycles. The molecule has 3 unspecified atom stereocenters. The lowest BCUT2D eigenvalue weighted by atomic mass is 9.98. The predicted molar refractivity (Wildman–Crippen MR) is 66.9 cm³/mol. The normalized spacial score (nSPS) is 32.1. The monoisotopic (exact) mass is 254 g/mol. The van der Waals surface area contributed by atoms with Crippen molar-refractivity contribution in [3.05, 3.63) is 0 Å². The fraction of sp³-hybridized carbons (Fsp3) is 0.846. The van der Waals surface area contributed by atoms with E-state index in [0.717, 1.165) is 32.5 Å². The maximum Gasteiger partial charge on any atom is 0.220 e. The molecule has 0 bridgehead atoms. The van der Waals surface area contributed by atoms with E-state index in [-0.39, 0.29) is 23.9 Å². The number of nitrogens with one attached hydrogen (secondary N) is 2. The van der Waals surface area contributed by atoms with Crippen molar-refractivity contribution in [2.45, 2.75) is 51.1 Å². The third-order valence-electron chi connectivity index (χ3n) is 3.82. The van der Waals surface area contributed by atoms with Crippen LogP contribution < -0.4 is 10.6 Å². The summed E-state index contributed by atoms with van der Waals surface area (Å²) in [6, 6.07) is 0.111. The molecular weight excluding hydrogens is 232 g/mol. The Balaban J connectivity index is 1.68. The Kier molecular flexibility index (Phi) is 4.58. The van der Waals surface area contributed by atoms with E-state index in [1.807, 2.05) is 6.92 Å². The molecule has 0 saturated carbocycles. The molecule has 0 aromatic rings. The average molecular weight is 254 g/mol. The second-order valence-corrected chi connectivity index (χ2v) is 5.34. The van der Waals surface area contributed by atoms with Crippen LogP contribution in [0.1, 0.15) is 39.0 Å². The Hall–Kier alpha value is -1.10. The van der Waals surface area contributed by atoms with Gasteiger partial charge in [-0.1, -0.05) is 0 Å². The zero-order chi connectivity index (χ0) is 13.0. The van der Waals surface area contributed by atoms with Gasteiger partial charge >= 0.3 is 0 Å². The molecule has 2 fully saturated rings. The zero-order valence-electron chi connectivity index (χ0n) is 10.9. The van der Waals surface area contributed by atoms with Gasteiger partial charge in [0.2, 0.25) is 11.8 Å². The van der Waals surface area contributed by atoms with Crippen LogP contribution in [0.3, 0.4) is 0 Å². The first-order chi connectivity index (χ1) is 8.65. The number of amides is 2. The number of hydrogen-bond donors (Lipinski definition) is 2. The van der Waals surface area contributed by atoms with Gasteiger partial charge in [0.05, 0.1) is 0 Å². The molecule has 0 spiro atoms. The third kappa shape index (κ3) is 3.70. The fourth-order valence-corrected chi connectivity index (χ4v) is 2.59. The number of piperidine rings is 1. The van der Waals surface area contributed by atoms with Gasteiger partial charge in [0.1, 0.15) is 0 Å². The van der Waals surface area contributed by atoms with Crippen molar-refractivity contribution >= 4 is 11.8 Å². The van der Waals surface area contributed by atoms with E-state index in [2.05, 4.69) is 10.6 Å². The Morgan fingerprint density at radius 3 is 3.00 bits per heavy atom. The second-order valence-electron chi connectivity index (χ2n) is 5.34. The third-order valence-corrected chi connectivity index (χ3v) is 3.82. The first-order valence-electron chi connectivity index (χ1n) is 6.81. The van der Waals surface area contributed by atoms with E-state index in [4.69, 9.17) is 4.74 Å². The first-order valence-corrected chi connectivity index (χ1v) is 6.81. The standard InChI is InChI=1S/C13H22N2O3/c1-9-11(3-5-12(16)14-9)15-13(17)4-2-10-6-7-18-8-10/h9-11H,2-8H2,1H3,(H,14,16)(H,15,17). The highest BCUT2D eigenvalue weighted by Crippen LogP contribution is 2.18. The van der Waals surface area contributed by atoms with Gasteiger partial charge < -0.3 is 15.4 Å². The maximum absolute atomic E-state index is 11.8. The van der Waals surface area contributed by atoms with Crippen LogP contribution in [0.5, 0.6) is 0 Å². The van der Waals surface area contributed by atoms with E-state index >= 15 is 0 Å². The summed E-state index contributed by atoms with van der Waals surface area (Å²) < 4.78 is 5.29. The van der Waals surface area contributed by atoms with Crippen molar-refractivity contribution < 1.29 is 14.3 Å². The Morgan fingerprint density at radius 1 is 1.50 bits per heavy atom. The van der Waals surface area contributed by atoms with Crippen LogP contribution in [0.2, 0.25) is 0 Å². The summed E-state index contributed by atoms with van der Waals surface area (Å²) in [6.45, 7) is 3.56. The number of carbonyl (C=O) groups excluding carboxylic acids is 2. The van der Waals surface area contributed by atoms with Crippen LogP contribution >= 0.6 is 0 Å². The molecule has 3 atom stereocenters. The smallest absolute Gasteiger partial charge is 0.220 e. The van der Waals surface area contributed by atoms with E-state index in [9.17, 15) is 9.59 Å². The molecular formula is C13H22N2O3. The highest BCUT2D eigenvalue weighted by atomic mass is 16.5. The number of carbonyl (C=O) groups is 2. The Bertz CT molecular complexity index is 313. The first kappa shape index (κ1) is 13.3. The molecule has 2 saturated heterocycles. The molecule has 2 aliphatic heterocycles. The topological polar surface area (TPSA) is 67.4 Å². The Morgan fingerprint density at radius 2 is 2.33 bits per heavy atom. The summed E-state index contributed by atoms with van der Waals surface area (Å²) in [7, 11) is 0. The lowest BCUT2D eigenvalue weighted by molar-refractivity contribution is -0.127. The van der Waals surface area contributed by atoms with Crippen LogP contribution in [0.25, 0.3) is 0 Å². The molecule has 2 amide bonds. The lowest BCUT2D eigenvalue weighted by Gasteiger charge is -2.30. The minimum Gasteiger partial charge on any atom is -0.381 e. The number of ether oxygens (including phenoxy) is 1. The van der Waals surface area contributed by atoms with Gasteiger partial charge in [0.25, 0.3) is 0 Å². The summed E-state index contributed by atoms with van der Waals surface area (Å²) in [5.74, 6) is 0.713. The highest BCUT2D eigenvalue weighted by molar-refractivity contribution is 5.79. The van der Waals surface area contributed by atoms with Crippen molar-refractivity contribution in [3.8, 4) is 0 Å². The van der Waals surface area contributed by atoms with Gasteiger partial charge in [-0.3, -0.25) is 9.59 Å². The van der Waals surface area contributed by atoms with E-state index < -0.39 is 0 Å². The average Bonchev–Trinajstić information content (AvgIpc) is 2.83. The Labute approximate surface area is 108 Å². The minimum absolute atomic E-state index is 0.0324. The number of rotatable bonds is 4. The van der Waals surface area contributed by atoms with E-state index in [1.54, 1.807) is 0 Å². The van der Waals surface area contributed by atoms with Crippen molar-refractivity contribution in [2.75, 3.05) is 13.2 Å². The molecule has 5 nitrogen and oxygen atoms in total. The van der Waals surface area contributed by atoms with Gasteiger partial charge in [-0.15, -0.1) is 0 Å².